The van der Waals surface area contributed by atoms with Crippen LogP contribution in [0.2, 0.25) is 0 Å². The molecule has 0 aromatic carbocycles. The molecule has 0 aliphatic rings. The first-order valence-electron chi connectivity index (χ1n) is 3.95. The largest absolute Gasteiger partial charge is 0.270 e. The second-order valence-electron chi connectivity index (χ2n) is 3.07. The Labute approximate surface area is 96.6 Å². The van der Waals surface area contributed by atoms with Gasteiger partial charge < -0.3 is 0 Å². The van der Waals surface area contributed by atoms with Gasteiger partial charge in [0.25, 0.3) is 10.1 Å². The van der Waals surface area contributed by atoms with Gasteiger partial charge in [-0.3, -0.25) is 4.18 Å². The van der Waals surface area contributed by atoms with E-state index in [9.17, 15) is 8.42 Å². The van der Waals surface area contributed by atoms with Gasteiger partial charge in [0.2, 0.25) is 0 Å². The molecule has 0 aliphatic heterocycles. The lowest BCUT2D eigenvalue weighted by atomic mass is 10.3. The van der Waals surface area contributed by atoms with Crippen LogP contribution < -0.4 is 0 Å². The molecule has 0 spiro atoms. The molecule has 0 aromatic rings. The summed E-state index contributed by atoms with van der Waals surface area (Å²) in [6.45, 7) is 3.93. The third kappa shape index (κ3) is 6.88. The molecule has 80 valence electrons. The first kappa shape index (κ1) is 13.9. The van der Waals surface area contributed by atoms with Gasteiger partial charge >= 0.3 is 0 Å². The molecule has 0 heterocycles. The van der Waals surface area contributed by atoms with Gasteiger partial charge in [0.1, 0.15) is 0 Å². The van der Waals surface area contributed by atoms with E-state index in [1.165, 1.54) is 0 Å². The van der Waals surface area contributed by atoms with E-state index in [4.69, 9.17) is 4.18 Å². The molecular weight excluding hydrogens is 324 g/mol. The second-order valence-corrected chi connectivity index (χ2v) is 7.19. The van der Waals surface area contributed by atoms with E-state index in [2.05, 4.69) is 31.9 Å². The van der Waals surface area contributed by atoms with Crippen LogP contribution in [-0.4, -0.2) is 30.4 Å². The van der Waals surface area contributed by atoms with Crippen LogP contribution in [-0.2, 0) is 14.3 Å². The summed E-state index contributed by atoms with van der Waals surface area (Å²) in [5, 5.41) is 0.564. The molecule has 3 nitrogen and oxygen atoms in total. The van der Waals surface area contributed by atoms with Crippen molar-refractivity contribution in [3.05, 3.63) is 0 Å². The SMILES string of the molecule is CCCOS(=O)(=O)CC(C)(Br)CBr. The van der Waals surface area contributed by atoms with Crippen molar-refractivity contribution < 1.29 is 12.6 Å². The maximum Gasteiger partial charge on any atom is 0.268 e. The fourth-order valence-electron chi connectivity index (χ4n) is 0.659. The molecule has 6 heteroatoms. The van der Waals surface area contributed by atoms with Gasteiger partial charge in [-0.15, -0.1) is 0 Å². The second kappa shape index (κ2) is 5.68. The predicted octanol–water partition coefficient (Wildman–Crippen LogP) is 2.29. The molecular formula is C7H14Br2O3S. The third-order valence-corrected chi connectivity index (χ3v) is 5.66. The monoisotopic (exact) mass is 336 g/mol. The summed E-state index contributed by atoms with van der Waals surface area (Å²) in [7, 11) is -3.39. The third-order valence-electron chi connectivity index (χ3n) is 1.22. The van der Waals surface area contributed by atoms with Gasteiger partial charge in [-0.25, -0.2) is 0 Å². The lowest BCUT2D eigenvalue weighted by Crippen LogP contribution is -2.30. The van der Waals surface area contributed by atoms with E-state index in [0.717, 1.165) is 0 Å². The summed E-state index contributed by atoms with van der Waals surface area (Å²) >= 11 is 6.53. The van der Waals surface area contributed by atoms with E-state index in [1.807, 2.05) is 6.92 Å². The van der Waals surface area contributed by atoms with Gasteiger partial charge in [0, 0.05) is 9.65 Å². The number of alkyl halides is 2. The Hall–Kier alpha value is 0.870. The zero-order valence-electron chi connectivity index (χ0n) is 7.72. The Morgan fingerprint density at radius 2 is 2.00 bits per heavy atom. The predicted molar refractivity (Wildman–Crippen MR) is 61.2 cm³/mol. The van der Waals surface area contributed by atoms with E-state index in [1.54, 1.807) is 6.92 Å². The Morgan fingerprint density at radius 3 is 2.38 bits per heavy atom. The number of rotatable bonds is 6. The minimum absolute atomic E-state index is 0.0226. The minimum Gasteiger partial charge on any atom is -0.270 e. The van der Waals surface area contributed by atoms with Crippen molar-refractivity contribution in [1.29, 1.82) is 0 Å². The van der Waals surface area contributed by atoms with Crippen molar-refractivity contribution >= 4 is 42.0 Å². The summed E-state index contributed by atoms with van der Waals surface area (Å²) in [5.74, 6) is -0.0226. The molecule has 1 atom stereocenters. The number of hydrogen-bond acceptors (Lipinski definition) is 3. The maximum absolute atomic E-state index is 11.3. The zero-order chi connectivity index (χ0) is 10.5. The van der Waals surface area contributed by atoms with Crippen LogP contribution in [0.25, 0.3) is 0 Å². The maximum atomic E-state index is 11.3. The Bertz CT molecular complexity index is 236. The van der Waals surface area contributed by atoms with Crippen molar-refractivity contribution in [3.8, 4) is 0 Å². The molecule has 13 heavy (non-hydrogen) atoms. The van der Waals surface area contributed by atoms with Crippen molar-refractivity contribution in [2.75, 3.05) is 17.7 Å². The van der Waals surface area contributed by atoms with E-state index in [-0.39, 0.29) is 12.4 Å². The molecule has 0 N–H and O–H groups in total. The van der Waals surface area contributed by atoms with Gasteiger partial charge in [-0.1, -0.05) is 38.8 Å². The Morgan fingerprint density at radius 1 is 1.46 bits per heavy atom. The molecule has 0 aromatic heterocycles. The van der Waals surface area contributed by atoms with Crippen LogP contribution in [0.1, 0.15) is 20.3 Å². The minimum atomic E-state index is -3.39. The van der Waals surface area contributed by atoms with Crippen LogP contribution in [0.4, 0.5) is 0 Å². The summed E-state index contributed by atoms with van der Waals surface area (Å²) < 4.78 is 26.9. The molecule has 0 saturated heterocycles. The normalized spacial score (nSPS) is 16.9. The zero-order valence-corrected chi connectivity index (χ0v) is 11.7. The van der Waals surface area contributed by atoms with Gasteiger partial charge in [0.15, 0.2) is 0 Å². The summed E-state index contributed by atoms with van der Waals surface area (Å²) in [6.07, 6.45) is 0.701. The number of halogens is 2. The van der Waals surface area contributed by atoms with Gasteiger partial charge in [-0.2, -0.15) is 8.42 Å². The molecule has 0 radical (unpaired) electrons. The average molecular weight is 338 g/mol. The molecule has 1 unspecified atom stereocenters. The highest BCUT2D eigenvalue weighted by atomic mass is 79.9. The standard InChI is InChI=1S/C7H14Br2O3S/c1-3-4-12-13(10,11)6-7(2,9)5-8/h3-6H2,1-2H3. The van der Waals surface area contributed by atoms with Gasteiger partial charge in [0.05, 0.1) is 12.4 Å². The first-order valence-corrected chi connectivity index (χ1v) is 7.44. The Kier molecular flexibility index (Phi) is 6.06. The van der Waals surface area contributed by atoms with Crippen molar-refractivity contribution in [2.24, 2.45) is 0 Å². The fraction of sp³-hybridized carbons (Fsp3) is 1.00. The topological polar surface area (TPSA) is 43.4 Å². The van der Waals surface area contributed by atoms with Crippen molar-refractivity contribution in [3.63, 3.8) is 0 Å². The summed E-state index contributed by atoms with van der Waals surface area (Å²) in [5.41, 5.74) is 0. The summed E-state index contributed by atoms with van der Waals surface area (Å²) in [6, 6.07) is 0. The molecule has 0 aliphatic carbocycles. The lowest BCUT2D eigenvalue weighted by molar-refractivity contribution is 0.316. The van der Waals surface area contributed by atoms with E-state index >= 15 is 0 Å². The highest BCUT2D eigenvalue weighted by Crippen LogP contribution is 2.22. The lowest BCUT2D eigenvalue weighted by Gasteiger charge is -2.18. The van der Waals surface area contributed by atoms with Gasteiger partial charge in [-0.05, 0) is 13.3 Å². The fourth-order valence-corrected chi connectivity index (χ4v) is 3.30. The summed E-state index contributed by atoms with van der Waals surface area (Å²) in [4.78, 5) is 0. The van der Waals surface area contributed by atoms with E-state index < -0.39 is 14.4 Å². The van der Waals surface area contributed by atoms with Crippen molar-refractivity contribution in [2.45, 2.75) is 24.6 Å². The molecule has 0 rings (SSSR count). The Balaban J connectivity index is 4.18. The molecule has 0 bridgehead atoms. The molecule has 0 fully saturated rings. The first-order chi connectivity index (χ1) is 5.83. The number of hydrogen-bond donors (Lipinski definition) is 0. The molecule has 0 saturated carbocycles. The average Bonchev–Trinajstić information content (AvgIpc) is 1.99. The van der Waals surface area contributed by atoms with Crippen LogP contribution in [0, 0.1) is 0 Å². The quantitative estimate of drug-likeness (QED) is 0.551. The smallest absolute Gasteiger partial charge is 0.268 e. The molecule has 0 amide bonds. The van der Waals surface area contributed by atoms with Crippen LogP contribution in [0.15, 0.2) is 0 Å². The highest BCUT2D eigenvalue weighted by Gasteiger charge is 2.27. The van der Waals surface area contributed by atoms with Crippen molar-refractivity contribution in [1.82, 2.24) is 0 Å². The van der Waals surface area contributed by atoms with E-state index in [0.29, 0.717) is 11.8 Å². The highest BCUT2D eigenvalue weighted by molar-refractivity contribution is 9.12. The van der Waals surface area contributed by atoms with Crippen LogP contribution in [0.3, 0.4) is 0 Å². The van der Waals surface area contributed by atoms with Crippen LogP contribution >= 0.6 is 31.9 Å². The van der Waals surface area contributed by atoms with Crippen LogP contribution in [0.5, 0.6) is 0 Å².